The molecule has 2 aromatic rings. The van der Waals surface area contributed by atoms with Crippen LogP contribution >= 0.6 is 0 Å². The number of hydrogen-bond acceptors (Lipinski definition) is 4. The summed E-state index contributed by atoms with van der Waals surface area (Å²) >= 11 is 0. The Labute approximate surface area is 123 Å². The molecule has 0 aliphatic carbocycles. The first-order chi connectivity index (χ1) is 10.3. The third kappa shape index (κ3) is 2.94. The van der Waals surface area contributed by atoms with Crippen molar-refractivity contribution >= 4 is 16.9 Å². The van der Waals surface area contributed by atoms with E-state index in [4.69, 9.17) is 9.47 Å². The molecular formula is C15H19N3O3. The van der Waals surface area contributed by atoms with Crippen molar-refractivity contribution in [3.63, 3.8) is 0 Å². The highest BCUT2D eigenvalue weighted by Gasteiger charge is 2.19. The summed E-state index contributed by atoms with van der Waals surface area (Å²) < 4.78 is 11.1. The summed E-state index contributed by atoms with van der Waals surface area (Å²) in [6.07, 6.45) is 4.12. The zero-order chi connectivity index (χ0) is 14.7. The van der Waals surface area contributed by atoms with Crippen LogP contribution in [0.5, 0.6) is 11.5 Å². The monoisotopic (exact) mass is 289 g/mol. The Kier molecular flexibility index (Phi) is 3.94. The molecule has 0 atom stereocenters. The highest BCUT2D eigenvalue weighted by molar-refractivity contribution is 5.79. The number of ether oxygens (including phenoxy) is 2. The molecule has 0 radical (unpaired) electrons. The van der Waals surface area contributed by atoms with E-state index in [2.05, 4.69) is 9.97 Å². The van der Waals surface area contributed by atoms with Crippen LogP contribution in [-0.4, -0.2) is 47.6 Å². The second kappa shape index (κ2) is 6.03. The Bertz CT molecular complexity index is 638. The SMILES string of the molecule is COc1cc2nc[nH]c2cc1OCCCN1CCCC1=O. The predicted octanol–water partition coefficient (Wildman–Crippen LogP) is 1.96. The van der Waals surface area contributed by atoms with Crippen molar-refractivity contribution in [1.29, 1.82) is 0 Å². The van der Waals surface area contributed by atoms with Gasteiger partial charge in [0, 0.05) is 31.6 Å². The van der Waals surface area contributed by atoms with Crippen molar-refractivity contribution in [2.45, 2.75) is 19.3 Å². The fourth-order valence-corrected chi connectivity index (χ4v) is 2.59. The minimum atomic E-state index is 0.256. The number of imidazole rings is 1. The Morgan fingerprint density at radius 1 is 1.38 bits per heavy atom. The van der Waals surface area contributed by atoms with Gasteiger partial charge in [0.15, 0.2) is 11.5 Å². The molecule has 1 aliphatic heterocycles. The standard InChI is InChI=1S/C15H19N3O3/c1-20-13-8-11-12(17-10-16-11)9-14(13)21-7-3-6-18-5-2-4-15(18)19/h8-10H,2-7H2,1H3,(H,16,17). The first-order valence-electron chi connectivity index (χ1n) is 7.19. The van der Waals surface area contributed by atoms with E-state index in [0.717, 1.165) is 37.0 Å². The van der Waals surface area contributed by atoms with E-state index in [1.54, 1.807) is 13.4 Å². The number of carbonyl (C=O) groups excluding carboxylic acids is 1. The lowest BCUT2D eigenvalue weighted by atomic mass is 10.2. The van der Waals surface area contributed by atoms with Gasteiger partial charge >= 0.3 is 0 Å². The number of fused-ring (bicyclic) bond motifs is 1. The van der Waals surface area contributed by atoms with Gasteiger partial charge in [0.25, 0.3) is 0 Å². The van der Waals surface area contributed by atoms with Crippen LogP contribution in [0.1, 0.15) is 19.3 Å². The smallest absolute Gasteiger partial charge is 0.222 e. The molecule has 6 nitrogen and oxygen atoms in total. The summed E-state index contributed by atoms with van der Waals surface area (Å²) in [5.41, 5.74) is 1.77. The summed E-state index contributed by atoms with van der Waals surface area (Å²) in [5.74, 6) is 1.63. The topological polar surface area (TPSA) is 67.5 Å². The van der Waals surface area contributed by atoms with Crippen LogP contribution in [0.3, 0.4) is 0 Å². The van der Waals surface area contributed by atoms with Gasteiger partial charge in [-0.15, -0.1) is 0 Å². The molecule has 0 saturated carbocycles. The number of nitrogens with zero attached hydrogens (tertiary/aromatic N) is 2. The van der Waals surface area contributed by atoms with E-state index in [1.807, 2.05) is 17.0 Å². The van der Waals surface area contributed by atoms with Gasteiger partial charge in [0.05, 0.1) is 31.1 Å². The number of H-pyrrole nitrogens is 1. The largest absolute Gasteiger partial charge is 0.493 e. The molecule has 112 valence electrons. The normalized spacial score (nSPS) is 14.9. The molecule has 1 N–H and O–H groups in total. The molecule has 1 aliphatic rings. The number of nitrogens with one attached hydrogen (secondary N) is 1. The van der Waals surface area contributed by atoms with E-state index in [-0.39, 0.29) is 5.91 Å². The molecule has 0 unspecified atom stereocenters. The third-order valence-electron chi connectivity index (χ3n) is 3.71. The fourth-order valence-electron chi connectivity index (χ4n) is 2.59. The number of hydrogen-bond donors (Lipinski definition) is 1. The zero-order valence-electron chi connectivity index (χ0n) is 12.1. The zero-order valence-corrected chi connectivity index (χ0v) is 12.1. The van der Waals surface area contributed by atoms with E-state index in [1.165, 1.54) is 0 Å². The summed E-state index contributed by atoms with van der Waals surface area (Å²) in [6.45, 7) is 2.19. The summed E-state index contributed by atoms with van der Waals surface area (Å²) in [4.78, 5) is 20.7. The van der Waals surface area contributed by atoms with Crippen LogP contribution in [0.25, 0.3) is 11.0 Å². The second-order valence-electron chi connectivity index (χ2n) is 5.11. The summed E-state index contributed by atoms with van der Waals surface area (Å²) in [6, 6.07) is 3.74. The molecule has 1 saturated heterocycles. The first-order valence-corrected chi connectivity index (χ1v) is 7.19. The second-order valence-corrected chi connectivity index (χ2v) is 5.11. The van der Waals surface area contributed by atoms with Gasteiger partial charge in [0.1, 0.15) is 0 Å². The molecule has 2 heterocycles. The van der Waals surface area contributed by atoms with Crippen LogP contribution in [0.4, 0.5) is 0 Å². The van der Waals surface area contributed by atoms with Crippen LogP contribution in [0.15, 0.2) is 18.5 Å². The van der Waals surface area contributed by atoms with Crippen LogP contribution in [0.2, 0.25) is 0 Å². The van der Waals surface area contributed by atoms with Gasteiger partial charge in [0.2, 0.25) is 5.91 Å². The molecule has 1 fully saturated rings. The number of aromatic amines is 1. The molecule has 21 heavy (non-hydrogen) atoms. The summed E-state index contributed by atoms with van der Waals surface area (Å²) in [7, 11) is 1.61. The number of rotatable bonds is 6. The van der Waals surface area contributed by atoms with Crippen LogP contribution in [-0.2, 0) is 4.79 Å². The third-order valence-corrected chi connectivity index (χ3v) is 3.71. The minimum Gasteiger partial charge on any atom is -0.493 e. The molecule has 1 aromatic heterocycles. The Hall–Kier alpha value is -2.24. The fraction of sp³-hybridized carbons (Fsp3) is 0.467. The van der Waals surface area contributed by atoms with Gasteiger partial charge in [-0.2, -0.15) is 0 Å². The Morgan fingerprint density at radius 3 is 3.05 bits per heavy atom. The maximum atomic E-state index is 11.5. The van der Waals surface area contributed by atoms with E-state index in [9.17, 15) is 4.79 Å². The molecule has 0 spiro atoms. The van der Waals surface area contributed by atoms with Crippen molar-refractivity contribution in [2.24, 2.45) is 0 Å². The first kappa shape index (κ1) is 13.7. The number of carbonyl (C=O) groups is 1. The molecule has 1 amide bonds. The van der Waals surface area contributed by atoms with E-state index in [0.29, 0.717) is 24.5 Å². The maximum Gasteiger partial charge on any atom is 0.222 e. The quantitative estimate of drug-likeness (QED) is 0.826. The average Bonchev–Trinajstić information content (AvgIpc) is 3.11. The van der Waals surface area contributed by atoms with E-state index >= 15 is 0 Å². The lowest BCUT2D eigenvalue weighted by Gasteiger charge is -2.16. The molecule has 1 aromatic carbocycles. The van der Waals surface area contributed by atoms with Gasteiger partial charge in [-0.25, -0.2) is 4.98 Å². The maximum absolute atomic E-state index is 11.5. The summed E-state index contributed by atoms with van der Waals surface area (Å²) in [5, 5.41) is 0. The van der Waals surface area contributed by atoms with Gasteiger partial charge in [-0.1, -0.05) is 0 Å². The lowest BCUT2D eigenvalue weighted by Crippen LogP contribution is -2.26. The van der Waals surface area contributed by atoms with Crippen LogP contribution in [0, 0.1) is 0 Å². The molecule has 6 heteroatoms. The highest BCUT2D eigenvalue weighted by atomic mass is 16.5. The lowest BCUT2D eigenvalue weighted by molar-refractivity contribution is -0.127. The van der Waals surface area contributed by atoms with Gasteiger partial charge < -0.3 is 19.4 Å². The number of amides is 1. The predicted molar refractivity (Wildman–Crippen MR) is 78.6 cm³/mol. The van der Waals surface area contributed by atoms with Crippen molar-refractivity contribution in [3.05, 3.63) is 18.5 Å². The number of aromatic nitrogens is 2. The van der Waals surface area contributed by atoms with Crippen molar-refractivity contribution in [3.8, 4) is 11.5 Å². The van der Waals surface area contributed by atoms with Gasteiger partial charge in [-0.3, -0.25) is 4.79 Å². The van der Waals surface area contributed by atoms with Crippen molar-refractivity contribution < 1.29 is 14.3 Å². The van der Waals surface area contributed by atoms with E-state index < -0.39 is 0 Å². The number of benzene rings is 1. The molecular weight excluding hydrogens is 270 g/mol. The van der Waals surface area contributed by atoms with Crippen molar-refractivity contribution in [2.75, 3.05) is 26.8 Å². The minimum absolute atomic E-state index is 0.256. The Morgan fingerprint density at radius 2 is 2.29 bits per heavy atom. The van der Waals surface area contributed by atoms with Gasteiger partial charge in [-0.05, 0) is 12.8 Å². The van der Waals surface area contributed by atoms with Crippen LogP contribution < -0.4 is 9.47 Å². The highest BCUT2D eigenvalue weighted by Crippen LogP contribution is 2.31. The number of methoxy groups -OCH3 is 1. The average molecular weight is 289 g/mol. The van der Waals surface area contributed by atoms with Crippen molar-refractivity contribution in [1.82, 2.24) is 14.9 Å². The molecule has 0 bridgehead atoms. The Balaban J connectivity index is 1.58. The molecule has 3 rings (SSSR count). The number of likely N-dealkylation sites (tertiary alicyclic amines) is 1.